The van der Waals surface area contributed by atoms with Crippen molar-refractivity contribution in [1.82, 2.24) is 4.31 Å². The molecule has 1 atom stereocenters. The van der Waals surface area contributed by atoms with E-state index in [1.54, 1.807) is 48.5 Å². The molecule has 1 amide bonds. The Kier molecular flexibility index (Phi) is 5.95. The van der Waals surface area contributed by atoms with Gasteiger partial charge >= 0.3 is 0 Å². The summed E-state index contributed by atoms with van der Waals surface area (Å²) < 4.78 is 28.3. The van der Waals surface area contributed by atoms with Gasteiger partial charge < -0.3 is 5.32 Å². The van der Waals surface area contributed by atoms with Crippen LogP contribution in [0, 0.1) is 6.92 Å². The highest BCUT2D eigenvalue weighted by Gasteiger charge is 2.39. The van der Waals surface area contributed by atoms with Crippen LogP contribution in [0.2, 0.25) is 0 Å². The molecule has 0 aromatic heterocycles. The Morgan fingerprint density at radius 2 is 1.62 bits per heavy atom. The van der Waals surface area contributed by atoms with E-state index in [1.165, 1.54) is 11.2 Å². The van der Waals surface area contributed by atoms with Crippen LogP contribution in [0.4, 0.5) is 5.69 Å². The number of hydrogen-bond donors (Lipinski definition) is 1. The van der Waals surface area contributed by atoms with Crippen molar-refractivity contribution in [2.75, 3.05) is 5.32 Å². The van der Waals surface area contributed by atoms with E-state index in [9.17, 15) is 18.0 Å². The summed E-state index contributed by atoms with van der Waals surface area (Å²) in [6.45, 7) is 3.45. The quantitative estimate of drug-likeness (QED) is 0.599. The first kappa shape index (κ1) is 21.9. The molecule has 0 fully saturated rings. The number of carbonyl (C=O) groups excluding carboxylic acids is 2. The monoisotopic (exact) mass is 448 g/mol. The van der Waals surface area contributed by atoms with Crippen molar-refractivity contribution < 1.29 is 18.0 Å². The third kappa shape index (κ3) is 4.35. The second kappa shape index (κ2) is 8.68. The lowest BCUT2D eigenvalue weighted by Crippen LogP contribution is -2.50. The van der Waals surface area contributed by atoms with Crippen molar-refractivity contribution in [2.45, 2.75) is 37.8 Å². The number of sulfonamides is 1. The van der Waals surface area contributed by atoms with Gasteiger partial charge in [0.2, 0.25) is 15.9 Å². The van der Waals surface area contributed by atoms with Crippen LogP contribution in [0.3, 0.4) is 0 Å². The van der Waals surface area contributed by atoms with Crippen LogP contribution in [0.15, 0.2) is 77.7 Å². The van der Waals surface area contributed by atoms with Gasteiger partial charge in [-0.25, -0.2) is 8.42 Å². The average molecular weight is 449 g/mol. The standard InChI is InChI=1S/C25H24N2O4S/c1-17-10-12-23(13-11-17)32(30,31)27-16-21-7-4-3-6-20(21)15-24(27)25(29)26-22-9-5-8-19(14-22)18(2)28/h3-14,24H,15-16H2,1-2H3,(H,26,29)/t24-/m1/s1. The number of hydrogen-bond acceptors (Lipinski definition) is 4. The molecule has 0 unspecified atom stereocenters. The van der Waals surface area contributed by atoms with Crippen LogP contribution in [0.5, 0.6) is 0 Å². The normalized spacial score (nSPS) is 16.2. The van der Waals surface area contributed by atoms with E-state index >= 15 is 0 Å². The van der Waals surface area contributed by atoms with E-state index in [4.69, 9.17) is 0 Å². The van der Waals surface area contributed by atoms with E-state index < -0.39 is 22.0 Å². The second-order valence-corrected chi connectivity index (χ2v) is 9.87. The van der Waals surface area contributed by atoms with Crippen LogP contribution in [0.25, 0.3) is 0 Å². The average Bonchev–Trinajstić information content (AvgIpc) is 2.78. The SMILES string of the molecule is CC(=O)c1cccc(NC(=O)[C@H]2Cc3ccccc3CN2S(=O)(=O)c2ccc(C)cc2)c1. The zero-order valence-electron chi connectivity index (χ0n) is 17.9. The minimum Gasteiger partial charge on any atom is -0.325 e. The summed E-state index contributed by atoms with van der Waals surface area (Å²) in [4.78, 5) is 25.1. The molecule has 0 saturated heterocycles. The molecule has 0 spiro atoms. The zero-order chi connectivity index (χ0) is 22.9. The lowest BCUT2D eigenvalue weighted by atomic mass is 9.95. The largest absolute Gasteiger partial charge is 0.325 e. The van der Waals surface area contributed by atoms with E-state index in [1.807, 2.05) is 31.2 Å². The van der Waals surface area contributed by atoms with Gasteiger partial charge in [0, 0.05) is 17.8 Å². The second-order valence-electron chi connectivity index (χ2n) is 7.98. The maximum absolute atomic E-state index is 13.5. The Morgan fingerprint density at radius 3 is 2.31 bits per heavy atom. The summed E-state index contributed by atoms with van der Waals surface area (Å²) in [5, 5.41) is 2.80. The Balaban J connectivity index is 1.70. The molecule has 1 N–H and O–H groups in total. The van der Waals surface area contributed by atoms with Crippen molar-refractivity contribution in [3.8, 4) is 0 Å². The highest BCUT2D eigenvalue weighted by molar-refractivity contribution is 7.89. The molecule has 32 heavy (non-hydrogen) atoms. The summed E-state index contributed by atoms with van der Waals surface area (Å²) >= 11 is 0. The van der Waals surface area contributed by atoms with Crippen LogP contribution < -0.4 is 5.32 Å². The third-order valence-corrected chi connectivity index (χ3v) is 7.54. The number of ketones is 1. The summed E-state index contributed by atoms with van der Waals surface area (Å²) in [6.07, 6.45) is 0.263. The van der Waals surface area contributed by atoms with Gasteiger partial charge in [0.15, 0.2) is 5.78 Å². The minimum absolute atomic E-state index is 0.109. The number of benzene rings is 3. The minimum atomic E-state index is -3.91. The number of rotatable bonds is 5. The summed E-state index contributed by atoms with van der Waals surface area (Å²) in [6, 6.07) is 19.9. The summed E-state index contributed by atoms with van der Waals surface area (Å²) in [5.41, 5.74) is 3.70. The van der Waals surface area contributed by atoms with E-state index in [-0.39, 0.29) is 23.6 Å². The number of aryl methyl sites for hydroxylation is 1. The van der Waals surface area contributed by atoms with Gasteiger partial charge in [-0.05, 0) is 55.7 Å². The number of nitrogens with zero attached hydrogens (tertiary/aromatic N) is 1. The third-order valence-electron chi connectivity index (χ3n) is 5.67. The predicted molar refractivity (Wildman–Crippen MR) is 123 cm³/mol. The molecule has 4 rings (SSSR count). The van der Waals surface area contributed by atoms with E-state index in [0.717, 1.165) is 16.7 Å². The predicted octanol–water partition coefficient (Wildman–Crippen LogP) is 3.95. The first-order valence-corrected chi connectivity index (χ1v) is 11.8. The highest BCUT2D eigenvalue weighted by atomic mass is 32.2. The number of amides is 1. The number of nitrogens with one attached hydrogen (secondary N) is 1. The molecule has 1 aliphatic heterocycles. The molecule has 0 radical (unpaired) electrons. The van der Waals surface area contributed by atoms with Crippen LogP contribution in [0.1, 0.15) is 34.0 Å². The van der Waals surface area contributed by atoms with E-state index in [2.05, 4.69) is 5.32 Å². The van der Waals surface area contributed by atoms with Gasteiger partial charge in [0.25, 0.3) is 0 Å². The fraction of sp³-hybridized carbons (Fsp3) is 0.200. The number of fused-ring (bicyclic) bond motifs is 1. The first-order chi connectivity index (χ1) is 15.3. The number of Topliss-reactive ketones (excluding diaryl/α,β-unsaturated/α-hetero) is 1. The number of carbonyl (C=O) groups is 2. The smallest absolute Gasteiger partial charge is 0.244 e. The zero-order valence-corrected chi connectivity index (χ0v) is 18.7. The molecule has 1 heterocycles. The lowest BCUT2D eigenvalue weighted by molar-refractivity contribution is -0.120. The number of anilines is 1. The summed E-state index contributed by atoms with van der Waals surface area (Å²) in [5.74, 6) is -0.549. The van der Waals surface area contributed by atoms with Crippen LogP contribution in [-0.4, -0.2) is 30.5 Å². The van der Waals surface area contributed by atoms with E-state index in [0.29, 0.717) is 11.3 Å². The van der Waals surface area contributed by atoms with Gasteiger partial charge in [0.05, 0.1) is 4.90 Å². The van der Waals surface area contributed by atoms with Gasteiger partial charge in [0.1, 0.15) is 6.04 Å². The molecule has 7 heteroatoms. The highest BCUT2D eigenvalue weighted by Crippen LogP contribution is 2.30. The molecule has 3 aromatic rings. The fourth-order valence-electron chi connectivity index (χ4n) is 3.86. The Hall–Kier alpha value is -3.29. The van der Waals surface area contributed by atoms with Crippen molar-refractivity contribution >= 4 is 27.4 Å². The Bertz CT molecular complexity index is 1280. The van der Waals surface area contributed by atoms with Crippen molar-refractivity contribution in [3.63, 3.8) is 0 Å². The molecule has 0 aliphatic carbocycles. The molecule has 164 valence electrons. The molecular formula is C25H24N2O4S. The Labute approximate surface area is 187 Å². The van der Waals surface area contributed by atoms with Gasteiger partial charge in [-0.3, -0.25) is 9.59 Å². The maximum Gasteiger partial charge on any atom is 0.244 e. The molecule has 0 bridgehead atoms. The van der Waals surface area contributed by atoms with Crippen molar-refractivity contribution in [3.05, 3.63) is 95.1 Å². The molecule has 1 aliphatic rings. The van der Waals surface area contributed by atoms with Crippen molar-refractivity contribution in [2.24, 2.45) is 0 Å². The molecule has 0 saturated carbocycles. The Morgan fingerprint density at radius 1 is 0.938 bits per heavy atom. The van der Waals surface area contributed by atoms with Gasteiger partial charge in [-0.1, -0.05) is 54.1 Å². The fourth-order valence-corrected chi connectivity index (χ4v) is 5.43. The lowest BCUT2D eigenvalue weighted by Gasteiger charge is -2.35. The first-order valence-electron chi connectivity index (χ1n) is 10.3. The van der Waals surface area contributed by atoms with Gasteiger partial charge in [-0.2, -0.15) is 4.31 Å². The van der Waals surface area contributed by atoms with Gasteiger partial charge in [-0.15, -0.1) is 0 Å². The topological polar surface area (TPSA) is 83.6 Å². The summed E-state index contributed by atoms with van der Waals surface area (Å²) in [7, 11) is -3.91. The van der Waals surface area contributed by atoms with Crippen LogP contribution >= 0.6 is 0 Å². The van der Waals surface area contributed by atoms with Crippen molar-refractivity contribution in [1.29, 1.82) is 0 Å². The maximum atomic E-state index is 13.5. The molecule has 6 nitrogen and oxygen atoms in total. The molecular weight excluding hydrogens is 424 g/mol. The van der Waals surface area contributed by atoms with Crippen LogP contribution in [-0.2, 0) is 27.8 Å². The molecule has 3 aromatic carbocycles.